The van der Waals surface area contributed by atoms with Gasteiger partial charge < -0.3 is 5.11 Å². The van der Waals surface area contributed by atoms with Gasteiger partial charge in [-0.2, -0.15) is 0 Å². The molecule has 0 heterocycles. The van der Waals surface area contributed by atoms with E-state index in [0.29, 0.717) is 0 Å². The molecule has 1 unspecified atom stereocenters. The molecule has 0 fully saturated rings. The Labute approximate surface area is 67.7 Å². The van der Waals surface area contributed by atoms with Gasteiger partial charge in [0.1, 0.15) is 0 Å². The lowest BCUT2D eigenvalue weighted by Gasteiger charge is -2.06. The molecule has 0 amide bonds. The summed E-state index contributed by atoms with van der Waals surface area (Å²) >= 11 is 0. The van der Waals surface area contributed by atoms with Crippen molar-refractivity contribution in [2.24, 2.45) is 0 Å². The molecule has 0 saturated heterocycles. The lowest BCUT2D eigenvalue weighted by atomic mass is 10.0. The second kappa shape index (κ2) is 3.54. The van der Waals surface area contributed by atoms with E-state index in [0.717, 1.165) is 6.42 Å². The molecule has 0 saturated carbocycles. The van der Waals surface area contributed by atoms with Crippen LogP contribution in [0.4, 0.5) is 0 Å². The lowest BCUT2D eigenvalue weighted by molar-refractivity contribution is 0.195. The molecule has 1 nitrogen and oxygen atoms in total. The van der Waals surface area contributed by atoms with Crippen LogP contribution in [-0.2, 0) is 6.42 Å². The van der Waals surface area contributed by atoms with E-state index in [1.807, 2.05) is 19.1 Å². The van der Waals surface area contributed by atoms with Gasteiger partial charge in [0.05, 0.1) is 6.10 Å². The molecule has 1 aromatic rings. The quantitative estimate of drug-likeness (QED) is 0.683. The minimum atomic E-state index is -0.240. The Morgan fingerprint density at radius 3 is 2.55 bits per heavy atom. The monoisotopic (exact) mass is 150 g/mol. The van der Waals surface area contributed by atoms with Gasteiger partial charge in [0.25, 0.3) is 0 Å². The number of rotatable bonds is 2. The van der Waals surface area contributed by atoms with Crippen molar-refractivity contribution in [2.45, 2.75) is 26.4 Å². The zero-order chi connectivity index (χ0) is 8.27. The third-order valence-electron chi connectivity index (χ3n) is 1.78. The standard InChI is InChI=1S/C10H14O/c1-8-5-3-4-6-10(8)7-9(2)11/h3-6,9,11H,7H2,1-2H3. The summed E-state index contributed by atoms with van der Waals surface area (Å²) in [5.41, 5.74) is 2.50. The highest BCUT2D eigenvalue weighted by Crippen LogP contribution is 2.08. The average molecular weight is 150 g/mol. The smallest absolute Gasteiger partial charge is 0.0552 e. The summed E-state index contributed by atoms with van der Waals surface area (Å²) in [4.78, 5) is 0. The molecular weight excluding hydrogens is 136 g/mol. The number of hydrogen-bond donors (Lipinski definition) is 1. The summed E-state index contributed by atoms with van der Waals surface area (Å²) in [6.07, 6.45) is 0.517. The third kappa shape index (κ3) is 2.35. The first-order valence-electron chi connectivity index (χ1n) is 3.92. The van der Waals surface area contributed by atoms with Gasteiger partial charge in [-0.3, -0.25) is 0 Å². The Morgan fingerprint density at radius 1 is 1.36 bits per heavy atom. The summed E-state index contributed by atoms with van der Waals surface area (Å²) in [5, 5.41) is 9.13. The van der Waals surface area contributed by atoms with Crippen molar-refractivity contribution in [1.29, 1.82) is 0 Å². The first kappa shape index (κ1) is 8.28. The van der Waals surface area contributed by atoms with Crippen molar-refractivity contribution < 1.29 is 5.11 Å². The van der Waals surface area contributed by atoms with Gasteiger partial charge in [-0.15, -0.1) is 0 Å². The molecule has 0 aliphatic heterocycles. The van der Waals surface area contributed by atoms with Gasteiger partial charge in [0.2, 0.25) is 0 Å². The maximum atomic E-state index is 9.13. The number of benzene rings is 1. The Morgan fingerprint density at radius 2 is 2.00 bits per heavy atom. The zero-order valence-corrected chi connectivity index (χ0v) is 7.04. The van der Waals surface area contributed by atoms with Crippen LogP contribution in [0.5, 0.6) is 0 Å². The van der Waals surface area contributed by atoms with E-state index in [2.05, 4.69) is 19.1 Å². The molecule has 0 spiro atoms. The average Bonchev–Trinajstić information content (AvgIpc) is 1.93. The summed E-state index contributed by atoms with van der Waals surface area (Å²) in [5.74, 6) is 0. The highest BCUT2D eigenvalue weighted by molar-refractivity contribution is 5.25. The topological polar surface area (TPSA) is 20.2 Å². The van der Waals surface area contributed by atoms with Crippen molar-refractivity contribution in [3.63, 3.8) is 0 Å². The largest absolute Gasteiger partial charge is 0.393 e. The van der Waals surface area contributed by atoms with Crippen LogP contribution in [0.15, 0.2) is 24.3 Å². The summed E-state index contributed by atoms with van der Waals surface area (Å²) in [6, 6.07) is 8.14. The normalized spacial score (nSPS) is 13.0. The Bertz CT molecular complexity index is 228. The van der Waals surface area contributed by atoms with Gasteiger partial charge in [-0.05, 0) is 31.4 Å². The fourth-order valence-corrected chi connectivity index (χ4v) is 1.16. The number of aryl methyl sites for hydroxylation is 1. The fraction of sp³-hybridized carbons (Fsp3) is 0.400. The Kier molecular flexibility index (Phi) is 2.66. The molecule has 11 heavy (non-hydrogen) atoms. The molecule has 0 aromatic heterocycles. The van der Waals surface area contributed by atoms with E-state index >= 15 is 0 Å². The predicted octanol–water partition coefficient (Wildman–Crippen LogP) is 1.92. The van der Waals surface area contributed by atoms with Crippen LogP contribution >= 0.6 is 0 Å². The van der Waals surface area contributed by atoms with Gasteiger partial charge >= 0.3 is 0 Å². The van der Waals surface area contributed by atoms with E-state index in [4.69, 9.17) is 5.11 Å². The number of aliphatic hydroxyl groups is 1. The molecule has 0 aliphatic rings. The first-order valence-corrected chi connectivity index (χ1v) is 3.92. The van der Waals surface area contributed by atoms with Gasteiger partial charge in [0.15, 0.2) is 0 Å². The van der Waals surface area contributed by atoms with Gasteiger partial charge in [-0.25, -0.2) is 0 Å². The van der Waals surface area contributed by atoms with Gasteiger partial charge in [0, 0.05) is 0 Å². The number of hydrogen-bond acceptors (Lipinski definition) is 1. The summed E-state index contributed by atoms with van der Waals surface area (Å²) in [6.45, 7) is 3.88. The molecule has 0 bridgehead atoms. The molecule has 1 N–H and O–H groups in total. The predicted molar refractivity (Wildman–Crippen MR) is 46.6 cm³/mol. The molecule has 60 valence electrons. The van der Waals surface area contributed by atoms with E-state index in [1.165, 1.54) is 11.1 Å². The molecular formula is C10H14O. The van der Waals surface area contributed by atoms with Crippen LogP contribution in [0.1, 0.15) is 18.1 Å². The van der Waals surface area contributed by atoms with Crippen molar-refractivity contribution in [1.82, 2.24) is 0 Å². The van der Waals surface area contributed by atoms with E-state index in [-0.39, 0.29) is 6.10 Å². The fourth-order valence-electron chi connectivity index (χ4n) is 1.16. The molecule has 1 aromatic carbocycles. The Hall–Kier alpha value is -0.820. The van der Waals surface area contributed by atoms with Crippen LogP contribution < -0.4 is 0 Å². The molecule has 1 rings (SSSR count). The van der Waals surface area contributed by atoms with Crippen LogP contribution in [0.3, 0.4) is 0 Å². The highest BCUT2D eigenvalue weighted by Gasteiger charge is 2.00. The van der Waals surface area contributed by atoms with Crippen LogP contribution in [0, 0.1) is 6.92 Å². The molecule has 1 heteroatoms. The van der Waals surface area contributed by atoms with Crippen LogP contribution in [0.25, 0.3) is 0 Å². The van der Waals surface area contributed by atoms with Crippen molar-refractivity contribution in [2.75, 3.05) is 0 Å². The van der Waals surface area contributed by atoms with Crippen molar-refractivity contribution in [3.05, 3.63) is 35.4 Å². The second-order valence-corrected chi connectivity index (χ2v) is 2.98. The minimum Gasteiger partial charge on any atom is -0.393 e. The first-order chi connectivity index (χ1) is 5.20. The third-order valence-corrected chi connectivity index (χ3v) is 1.78. The van der Waals surface area contributed by atoms with Crippen molar-refractivity contribution >= 4 is 0 Å². The zero-order valence-electron chi connectivity index (χ0n) is 7.04. The van der Waals surface area contributed by atoms with E-state index in [1.54, 1.807) is 0 Å². The highest BCUT2D eigenvalue weighted by atomic mass is 16.3. The van der Waals surface area contributed by atoms with E-state index < -0.39 is 0 Å². The molecule has 0 radical (unpaired) electrons. The lowest BCUT2D eigenvalue weighted by Crippen LogP contribution is -2.05. The van der Waals surface area contributed by atoms with Crippen LogP contribution in [0.2, 0.25) is 0 Å². The van der Waals surface area contributed by atoms with E-state index in [9.17, 15) is 0 Å². The summed E-state index contributed by atoms with van der Waals surface area (Å²) in [7, 11) is 0. The van der Waals surface area contributed by atoms with Crippen LogP contribution in [-0.4, -0.2) is 11.2 Å². The molecule has 0 aliphatic carbocycles. The summed E-state index contributed by atoms with van der Waals surface area (Å²) < 4.78 is 0. The molecule has 1 atom stereocenters. The van der Waals surface area contributed by atoms with Crippen molar-refractivity contribution in [3.8, 4) is 0 Å². The maximum absolute atomic E-state index is 9.13. The minimum absolute atomic E-state index is 0.240. The SMILES string of the molecule is Cc1ccccc1CC(C)O. The second-order valence-electron chi connectivity index (χ2n) is 2.98. The maximum Gasteiger partial charge on any atom is 0.0552 e. The number of aliphatic hydroxyl groups excluding tert-OH is 1. The van der Waals surface area contributed by atoms with Gasteiger partial charge in [-0.1, -0.05) is 24.3 Å². The Balaban J connectivity index is 2.78.